The summed E-state index contributed by atoms with van der Waals surface area (Å²) in [6.45, 7) is 7.39. The van der Waals surface area contributed by atoms with E-state index < -0.39 is 0 Å². The van der Waals surface area contributed by atoms with Crippen molar-refractivity contribution >= 4 is 47.2 Å². The highest BCUT2D eigenvalue weighted by atomic mass is 127. The van der Waals surface area contributed by atoms with Crippen LogP contribution in [-0.2, 0) is 4.79 Å². The van der Waals surface area contributed by atoms with E-state index in [1.54, 1.807) is 12.1 Å². The molecule has 1 saturated heterocycles. The molecule has 0 saturated carbocycles. The van der Waals surface area contributed by atoms with Gasteiger partial charge in [0.25, 0.3) is 0 Å². The van der Waals surface area contributed by atoms with Gasteiger partial charge in [0, 0.05) is 44.0 Å². The van der Waals surface area contributed by atoms with E-state index in [1.165, 1.54) is 17.7 Å². The van der Waals surface area contributed by atoms with Crippen molar-refractivity contribution < 1.29 is 9.18 Å². The van der Waals surface area contributed by atoms with Gasteiger partial charge in [-0.2, -0.15) is 0 Å². The number of nitrogens with one attached hydrogen (secondary N) is 1. The van der Waals surface area contributed by atoms with Crippen molar-refractivity contribution in [3.8, 4) is 0 Å². The van der Waals surface area contributed by atoms with Crippen LogP contribution in [0.3, 0.4) is 0 Å². The van der Waals surface area contributed by atoms with E-state index in [1.807, 2.05) is 17.0 Å². The first kappa shape index (κ1) is 24.9. The van der Waals surface area contributed by atoms with Crippen LogP contribution in [0.5, 0.6) is 0 Å². The highest BCUT2D eigenvalue weighted by Gasteiger charge is 2.20. The summed E-state index contributed by atoms with van der Waals surface area (Å²) in [5.74, 6) is 0.581. The van der Waals surface area contributed by atoms with Crippen LogP contribution in [0, 0.1) is 5.82 Å². The van der Waals surface area contributed by atoms with Crippen molar-refractivity contribution in [1.29, 1.82) is 0 Å². The van der Waals surface area contributed by atoms with Gasteiger partial charge in [0.1, 0.15) is 5.82 Å². The molecule has 8 heteroatoms. The third kappa shape index (κ3) is 7.37. The van der Waals surface area contributed by atoms with E-state index >= 15 is 0 Å². The minimum absolute atomic E-state index is 0. The molecule has 0 bridgehead atoms. The molecule has 0 atom stereocenters. The van der Waals surface area contributed by atoms with E-state index in [9.17, 15) is 9.18 Å². The maximum atomic E-state index is 13.1. The van der Waals surface area contributed by atoms with Crippen molar-refractivity contribution in [2.24, 2.45) is 10.7 Å². The molecule has 3 rings (SSSR count). The molecule has 1 aliphatic heterocycles. The maximum Gasteiger partial charge on any atom is 0.224 e. The zero-order chi connectivity index (χ0) is 21.5. The van der Waals surface area contributed by atoms with Gasteiger partial charge in [-0.1, -0.05) is 26.0 Å². The van der Waals surface area contributed by atoms with Gasteiger partial charge in [0.05, 0.1) is 6.54 Å². The van der Waals surface area contributed by atoms with Crippen molar-refractivity contribution in [3.63, 3.8) is 0 Å². The molecule has 0 aromatic heterocycles. The monoisotopic (exact) mass is 539 g/mol. The molecule has 6 nitrogen and oxygen atoms in total. The number of guanidine groups is 1. The summed E-state index contributed by atoms with van der Waals surface area (Å²) < 4.78 is 13.1. The summed E-state index contributed by atoms with van der Waals surface area (Å²) in [4.78, 5) is 20.8. The van der Waals surface area contributed by atoms with E-state index in [0.29, 0.717) is 37.9 Å². The molecule has 0 radical (unpaired) electrons. The number of rotatable bonds is 6. The van der Waals surface area contributed by atoms with Gasteiger partial charge < -0.3 is 20.9 Å². The van der Waals surface area contributed by atoms with Gasteiger partial charge >= 0.3 is 0 Å². The van der Waals surface area contributed by atoms with Crippen molar-refractivity contribution in [2.75, 3.05) is 42.9 Å². The molecule has 168 valence electrons. The van der Waals surface area contributed by atoms with E-state index in [4.69, 9.17) is 5.73 Å². The van der Waals surface area contributed by atoms with E-state index in [2.05, 4.69) is 41.2 Å². The minimum atomic E-state index is -0.241. The molecule has 1 heterocycles. The first-order valence-electron chi connectivity index (χ1n) is 10.4. The number of amides is 1. The number of nitrogens with zero attached hydrogens (tertiary/aromatic N) is 3. The zero-order valence-electron chi connectivity index (χ0n) is 18.1. The highest BCUT2D eigenvalue weighted by molar-refractivity contribution is 14.0. The van der Waals surface area contributed by atoms with Gasteiger partial charge in [-0.15, -0.1) is 24.0 Å². The average molecular weight is 539 g/mol. The molecule has 2 aromatic carbocycles. The van der Waals surface area contributed by atoms with Crippen LogP contribution in [0.4, 0.5) is 15.8 Å². The molecule has 3 N–H and O–H groups in total. The molecule has 1 fully saturated rings. The van der Waals surface area contributed by atoms with Gasteiger partial charge in [-0.25, -0.2) is 4.39 Å². The molecular formula is C23H31FIN5O. The van der Waals surface area contributed by atoms with Gasteiger partial charge in [-0.3, -0.25) is 9.79 Å². The second-order valence-corrected chi connectivity index (χ2v) is 7.77. The maximum absolute atomic E-state index is 13.1. The normalized spacial score (nSPS) is 14.4. The molecule has 2 aromatic rings. The Balaban J connectivity index is 0.00000341. The summed E-state index contributed by atoms with van der Waals surface area (Å²) in [5.41, 5.74) is 9.07. The van der Waals surface area contributed by atoms with Gasteiger partial charge in [-0.05, 0) is 47.9 Å². The minimum Gasteiger partial charge on any atom is -0.370 e. The lowest BCUT2D eigenvalue weighted by Crippen LogP contribution is -2.48. The third-order valence-corrected chi connectivity index (χ3v) is 5.26. The number of anilines is 2. The fourth-order valence-corrected chi connectivity index (χ4v) is 3.46. The standard InChI is InChI=1S/C23H30FN5O.HI/c1-17(2)18-4-3-5-20(16-18)27-23(25)26-11-10-22(30)29-14-12-28(13-15-29)21-8-6-19(24)7-9-21;/h3-9,16-17H,10-15H2,1-2H3,(H3,25,26,27);1H. The van der Waals surface area contributed by atoms with Crippen LogP contribution in [-0.4, -0.2) is 49.5 Å². The number of piperazine rings is 1. The number of halogens is 2. The number of carbonyl (C=O) groups is 1. The van der Waals surface area contributed by atoms with Crippen LogP contribution in [0.2, 0.25) is 0 Å². The molecule has 0 unspecified atom stereocenters. The average Bonchev–Trinajstić information content (AvgIpc) is 2.74. The number of nitrogens with two attached hydrogens (primary N) is 1. The predicted molar refractivity (Wildman–Crippen MR) is 136 cm³/mol. The highest BCUT2D eigenvalue weighted by Crippen LogP contribution is 2.19. The molecule has 31 heavy (non-hydrogen) atoms. The Labute approximate surface area is 200 Å². The number of carbonyl (C=O) groups excluding carboxylic acids is 1. The number of benzene rings is 2. The van der Waals surface area contributed by atoms with Crippen LogP contribution in [0.1, 0.15) is 31.7 Å². The number of hydrogen-bond donors (Lipinski definition) is 2. The Morgan fingerprint density at radius 3 is 2.45 bits per heavy atom. The molecule has 1 amide bonds. The van der Waals surface area contributed by atoms with Crippen molar-refractivity contribution in [1.82, 2.24) is 4.90 Å². The first-order chi connectivity index (χ1) is 14.4. The van der Waals surface area contributed by atoms with Crippen molar-refractivity contribution in [3.05, 3.63) is 59.9 Å². The SMILES string of the molecule is CC(C)c1cccc(NC(N)=NCCC(=O)N2CCN(c3ccc(F)cc3)CC2)c1.I. The topological polar surface area (TPSA) is 74.0 Å². The lowest BCUT2D eigenvalue weighted by molar-refractivity contribution is -0.131. The predicted octanol–water partition coefficient (Wildman–Crippen LogP) is 4.03. The largest absolute Gasteiger partial charge is 0.370 e. The fraction of sp³-hybridized carbons (Fsp3) is 0.391. The number of aliphatic imine (C=N–C) groups is 1. The Morgan fingerprint density at radius 2 is 1.81 bits per heavy atom. The lowest BCUT2D eigenvalue weighted by atomic mass is 10.0. The van der Waals surface area contributed by atoms with E-state index in [-0.39, 0.29) is 35.7 Å². The van der Waals surface area contributed by atoms with Gasteiger partial charge in [0.2, 0.25) is 5.91 Å². The number of hydrogen-bond acceptors (Lipinski definition) is 3. The Hall–Kier alpha value is -2.36. The van der Waals surface area contributed by atoms with Crippen LogP contribution < -0.4 is 16.0 Å². The van der Waals surface area contributed by atoms with Crippen LogP contribution in [0.15, 0.2) is 53.5 Å². The zero-order valence-corrected chi connectivity index (χ0v) is 20.4. The van der Waals surface area contributed by atoms with Gasteiger partial charge in [0.15, 0.2) is 5.96 Å². The second-order valence-electron chi connectivity index (χ2n) is 7.77. The molecule has 1 aliphatic rings. The summed E-state index contributed by atoms with van der Waals surface area (Å²) in [7, 11) is 0. The van der Waals surface area contributed by atoms with E-state index in [0.717, 1.165) is 24.5 Å². The van der Waals surface area contributed by atoms with Crippen LogP contribution in [0.25, 0.3) is 0 Å². The van der Waals surface area contributed by atoms with Crippen LogP contribution >= 0.6 is 24.0 Å². The second kappa shape index (κ2) is 11.9. The lowest BCUT2D eigenvalue weighted by Gasteiger charge is -2.36. The van der Waals surface area contributed by atoms with Crippen molar-refractivity contribution in [2.45, 2.75) is 26.2 Å². The summed E-state index contributed by atoms with van der Waals surface area (Å²) in [5, 5.41) is 3.09. The Bertz CT molecular complexity index is 880. The Kier molecular flexibility index (Phi) is 9.54. The molecule has 0 aliphatic carbocycles. The Morgan fingerprint density at radius 1 is 1.13 bits per heavy atom. The quantitative estimate of drug-likeness (QED) is 0.331. The smallest absolute Gasteiger partial charge is 0.224 e. The molecule has 0 spiro atoms. The first-order valence-corrected chi connectivity index (χ1v) is 10.4. The fourth-order valence-electron chi connectivity index (χ4n) is 3.46. The summed E-state index contributed by atoms with van der Waals surface area (Å²) >= 11 is 0. The molecular weight excluding hydrogens is 508 g/mol. The third-order valence-electron chi connectivity index (χ3n) is 5.26. The summed E-state index contributed by atoms with van der Waals surface area (Å²) in [6.07, 6.45) is 0.324. The summed E-state index contributed by atoms with van der Waals surface area (Å²) in [6, 6.07) is 14.5.